The van der Waals surface area contributed by atoms with E-state index >= 15 is 0 Å². The highest BCUT2D eigenvalue weighted by atomic mass is 32.2. The number of nitrogens with one attached hydrogen (secondary N) is 1. The molecule has 0 heterocycles. The van der Waals surface area contributed by atoms with Gasteiger partial charge in [-0.1, -0.05) is 29.8 Å². The van der Waals surface area contributed by atoms with Crippen molar-refractivity contribution in [1.29, 1.82) is 5.41 Å². The van der Waals surface area contributed by atoms with Gasteiger partial charge >= 0.3 is 0 Å². The van der Waals surface area contributed by atoms with Crippen molar-refractivity contribution in [2.24, 2.45) is 5.73 Å². The Morgan fingerprint density at radius 2 is 2.05 bits per heavy atom. The van der Waals surface area contributed by atoms with Crippen molar-refractivity contribution < 1.29 is 4.39 Å². The predicted molar refractivity (Wildman–Crippen MR) is 78.2 cm³/mol. The number of nitrogen functional groups attached to an aromatic ring is 1. The van der Waals surface area contributed by atoms with E-state index in [1.165, 1.54) is 23.3 Å². The van der Waals surface area contributed by atoms with Gasteiger partial charge in [-0.15, -0.1) is 11.8 Å². The van der Waals surface area contributed by atoms with Gasteiger partial charge in [0.05, 0.1) is 0 Å². The minimum atomic E-state index is -0.370. The van der Waals surface area contributed by atoms with Crippen LogP contribution in [0.4, 0.5) is 4.39 Å². The predicted octanol–water partition coefficient (Wildman–Crippen LogP) is 3.71. The van der Waals surface area contributed by atoms with Crippen LogP contribution in [0, 0.1) is 18.2 Å². The first-order chi connectivity index (χ1) is 9.06. The van der Waals surface area contributed by atoms with Crippen LogP contribution in [0.5, 0.6) is 0 Å². The van der Waals surface area contributed by atoms with Crippen LogP contribution in [-0.2, 0) is 5.75 Å². The highest BCUT2D eigenvalue weighted by molar-refractivity contribution is 7.98. The quantitative estimate of drug-likeness (QED) is 0.507. The van der Waals surface area contributed by atoms with Crippen LogP contribution in [0.3, 0.4) is 0 Å². The highest BCUT2D eigenvalue weighted by Crippen LogP contribution is 2.27. The third-order valence-electron chi connectivity index (χ3n) is 2.71. The summed E-state index contributed by atoms with van der Waals surface area (Å²) < 4.78 is 13.2. The molecule has 0 aliphatic heterocycles. The molecule has 2 aromatic carbocycles. The molecule has 0 fully saturated rings. The number of thioether (sulfide) groups is 1. The number of hydrogen-bond acceptors (Lipinski definition) is 2. The zero-order valence-electron chi connectivity index (χ0n) is 10.6. The molecule has 0 bridgehead atoms. The lowest BCUT2D eigenvalue weighted by Gasteiger charge is -2.08. The van der Waals surface area contributed by atoms with E-state index in [-0.39, 0.29) is 11.7 Å². The van der Waals surface area contributed by atoms with Gasteiger partial charge in [0.15, 0.2) is 0 Å². The fourth-order valence-corrected chi connectivity index (χ4v) is 2.79. The van der Waals surface area contributed by atoms with E-state index in [9.17, 15) is 4.39 Å². The van der Waals surface area contributed by atoms with Crippen molar-refractivity contribution in [1.82, 2.24) is 0 Å². The van der Waals surface area contributed by atoms with Gasteiger partial charge in [0.1, 0.15) is 11.7 Å². The molecule has 2 rings (SSSR count). The second-order valence-electron chi connectivity index (χ2n) is 4.33. The lowest BCUT2D eigenvalue weighted by Crippen LogP contribution is -2.12. The summed E-state index contributed by atoms with van der Waals surface area (Å²) >= 11 is 1.56. The van der Waals surface area contributed by atoms with E-state index in [0.29, 0.717) is 5.56 Å². The molecule has 0 radical (unpaired) electrons. The summed E-state index contributed by atoms with van der Waals surface area (Å²) in [4.78, 5) is 0.829. The molecule has 19 heavy (non-hydrogen) atoms. The number of rotatable bonds is 4. The van der Waals surface area contributed by atoms with E-state index in [1.807, 2.05) is 19.1 Å². The van der Waals surface area contributed by atoms with Crippen LogP contribution in [-0.4, -0.2) is 5.84 Å². The topological polar surface area (TPSA) is 49.9 Å². The number of hydrogen-bond donors (Lipinski definition) is 2. The average molecular weight is 274 g/mol. The zero-order chi connectivity index (χ0) is 13.8. The molecule has 2 nitrogen and oxygen atoms in total. The maximum absolute atomic E-state index is 13.2. The normalized spacial score (nSPS) is 10.4. The van der Waals surface area contributed by atoms with Crippen molar-refractivity contribution in [3.8, 4) is 0 Å². The van der Waals surface area contributed by atoms with Gasteiger partial charge in [0.2, 0.25) is 0 Å². The third-order valence-corrected chi connectivity index (χ3v) is 3.85. The first-order valence-electron chi connectivity index (χ1n) is 5.88. The first-order valence-corrected chi connectivity index (χ1v) is 6.87. The summed E-state index contributed by atoms with van der Waals surface area (Å²) in [7, 11) is 0. The minimum absolute atomic E-state index is 0.105. The number of halogens is 1. The van der Waals surface area contributed by atoms with Crippen molar-refractivity contribution in [3.63, 3.8) is 0 Å². The molecule has 0 atom stereocenters. The van der Waals surface area contributed by atoms with Crippen LogP contribution in [0.2, 0.25) is 0 Å². The molecule has 0 saturated carbocycles. The molecule has 0 aliphatic rings. The monoisotopic (exact) mass is 274 g/mol. The summed E-state index contributed by atoms with van der Waals surface area (Å²) in [5.74, 6) is 0.296. The number of amidine groups is 1. The Hall–Kier alpha value is -1.81. The maximum atomic E-state index is 13.2. The van der Waals surface area contributed by atoms with Gasteiger partial charge in [-0.25, -0.2) is 4.39 Å². The Balaban J connectivity index is 2.17. The summed E-state index contributed by atoms with van der Waals surface area (Å²) in [6, 6.07) is 12.6. The molecule has 0 aliphatic carbocycles. The highest BCUT2D eigenvalue weighted by Gasteiger charge is 2.08. The van der Waals surface area contributed by atoms with E-state index in [4.69, 9.17) is 11.1 Å². The fraction of sp³-hybridized carbons (Fsp3) is 0.133. The standard InChI is InChI=1S/C15H15FN2S/c1-10-3-2-4-11(7-10)9-19-14-6-5-12(16)8-13(14)15(17)18/h2-8H,9H2,1H3,(H3,17,18). The van der Waals surface area contributed by atoms with Crippen molar-refractivity contribution >= 4 is 17.6 Å². The molecule has 98 valence electrons. The molecule has 3 N–H and O–H groups in total. The first kappa shape index (κ1) is 13.6. The van der Waals surface area contributed by atoms with Gasteiger partial charge in [0.25, 0.3) is 0 Å². The molecular formula is C15H15FN2S. The molecule has 2 aromatic rings. The van der Waals surface area contributed by atoms with Crippen LogP contribution in [0.15, 0.2) is 47.4 Å². The molecule has 0 aromatic heterocycles. The van der Waals surface area contributed by atoms with Gasteiger partial charge in [-0.05, 0) is 30.7 Å². The molecule has 0 amide bonds. The van der Waals surface area contributed by atoms with Crippen molar-refractivity contribution in [2.75, 3.05) is 0 Å². The number of nitrogens with two attached hydrogens (primary N) is 1. The zero-order valence-corrected chi connectivity index (χ0v) is 11.4. The largest absolute Gasteiger partial charge is 0.384 e. The molecule has 0 saturated heterocycles. The lowest BCUT2D eigenvalue weighted by molar-refractivity contribution is 0.626. The molecule has 0 unspecified atom stereocenters. The molecular weight excluding hydrogens is 259 g/mol. The average Bonchev–Trinajstić information content (AvgIpc) is 2.37. The smallest absolute Gasteiger partial charge is 0.124 e. The summed E-state index contributed by atoms with van der Waals surface area (Å²) in [6.45, 7) is 2.05. The minimum Gasteiger partial charge on any atom is -0.384 e. The van der Waals surface area contributed by atoms with E-state index in [0.717, 1.165) is 10.6 Å². The fourth-order valence-electron chi connectivity index (χ4n) is 1.80. The summed E-state index contributed by atoms with van der Waals surface area (Å²) in [6.07, 6.45) is 0. The van der Waals surface area contributed by atoms with Gasteiger partial charge in [0, 0.05) is 16.2 Å². The molecule has 4 heteroatoms. The van der Waals surface area contributed by atoms with Crippen molar-refractivity contribution in [3.05, 3.63) is 65.0 Å². The Kier molecular flexibility index (Phi) is 4.22. The Morgan fingerprint density at radius 3 is 2.74 bits per heavy atom. The van der Waals surface area contributed by atoms with Gasteiger partial charge in [-0.3, -0.25) is 5.41 Å². The number of aryl methyl sites for hydroxylation is 1. The van der Waals surface area contributed by atoms with E-state index in [1.54, 1.807) is 17.8 Å². The van der Waals surface area contributed by atoms with E-state index < -0.39 is 0 Å². The maximum Gasteiger partial charge on any atom is 0.124 e. The summed E-state index contributed by atoms with van der Waals surface area (Å²) in [5.41, 5.74) is 8.35. The van der Waals surface area contributed by atoms with Crippen molar-refractivity contribution in [2.45, 2.75) is 17.6 Å². The van der Waals surface area contributed by atoms with Gasteiger partial charge in [-0.2, -0.15) is 0 Å². The van der Waals surface area contributed by atoms with E-state index in [2.05, 4.69) is 12.1 Å². The third kappa shape index (κ3) is 3.58. The SMILES string of the molecule is Cc1cccc(CSc2ccc(F)cc2C(=N)N)c1. The van der Waals surface area contributed by atoms with Crippen LogP contribution in [0.1, 0.15) is 16.7 Å². The van der Waals surface area contributed by atoms with Crippen LogP contribution >= 0.6 is 11.8 Å². The second kappa shape index (κ2) is 5.89. The van der Waals surface area contributed by atoms with Crippen LogP contribution in [0.25, 0.3) is 0 Å². The Bertz CT molecular complexity index is 611. The van der Waals surface area contributed by atoms with Gasteiger partial charge < -0.3 is 5.73 Å². The Morgan fingerprint density at radius 1 is 1.26 bits per heavy atom. The summed E-state index contributed by atoms with van der Waals surface area (Å²) in [5, 5.41) is 7.49. The lowest BCUT2D eigenvalue weighted by atomic mass is 10.2. The van der Waals surface area contributed by atoms with Crippen LogP contribution < -0.4 is 5.73 Å². The number of benzene rings is 2. The Labute approximate surface area is 116 Å². The molecule has 0 spiro atoms. The second-order valence-corrected chi connectivity index (χ2v) is 5.35.